The highest BCUT2D eigenvalue weighted by atomic mass is 16.2. The van der Waals surface area contributed by atoms with Crippen molar-refractivity contribution >= 4 is 11.7 Å². The van der Waals surface area contributed by atoms with Gasteiger partial charge >= 0.3 is 0 Å². The first-order valence-electron chi connectivity index (χ1n) is 8.40. The summed E-state index contributed by atoms with van der Waals surface area (Å²) in [6.45, 7) is 4.73. The van der Waals surface area contributed by atoms with E-state index in [9.17, 15) is 4.79 Å². The van der Waals surface area contributed by atoms with Gasteiger partial charge in [0.05, 0.1) is 18.2 Å². The summed E-state index contributed by atoms with van der Waals surface area (Å²) in [7, 11) is 3.96. The molecule has 1 aliphatic rings. The number of H-pyrrole nitrogens is 1. The van der Waals surface area contributed by atoms with Gasteiger partial charge in [-0.3, -0.25) is 9.89 Å². The molecule has 1 aliphatic heterocycles. The van der Waals surface area contributed by atoms with Gasteiger partial charge < -0.3 is 9.80 Å². The lowest BCUT2D eigenvalue weighted by atomic mass is 10.0. The Labute approximate surface area is 142 Å². The van der Waals surface area contributed by atoms with Gasteiger partial charge in [0.25, 0.3) is 0 Å². The topological polar surface area (TPSA) is 65.1 Å². The van der Waals surface area contributed by atoms with Crippen molar-refractivity contribution in [1.29, 1.82) is 0 Å². The number of pyridine rings is 1. The van der Waals surface area contributed by atoms with Crippen molar-refractivity contribution < 1.29 is 4.79 Å². The van der Waals surface area contributed by atoms with Crippen LogP contribution in [0.2, 0.25) is 0 Å². The number of aryl methyl sites for hydroxylation is 2. The van der Waals surface area contributed by atoms with Gasteiger partial charge in [-0.05, 0) is 44.4 Å². The van der Waals surface area contributed by atoms with E-state index in [0.717, 1.165) is 42.2 Å². The van der Waals surface area contributed by atoms with Crippen LogP contribution in [0.3, 0.4) is 0 Å². The maximum Gasteiger partial charge on any atom is 0.227 e. The maximum absolute atomic E-state index is 12.9. The minimum atomic E-state index is 0.145. The van der Waals surface area contributed by atoms with Crippen LogP contribution in [0.15, 0.2) is 18.3 Å². The van der Waals surface area contributed by atoms with E-state index in [1.54, 1.807) is 0 Å². The van der Waals surface area contributed by atoms with Crippen LogP contribution in [0.5, 0.6) is 0 Å². The van der Waals surface area contributed by atoms with E-state index in [1.807, 2.05) is 50.0 Å². The van der Waals surface area contributed by atoms with E-state index in [1.165, 1.54) is 5.56 Å². The molecule has 1 fully saturated rings. The van der Waals surface area contributed by atoms with E-state index in [0.29, 0.717) is 6.42 Å². The summed E-state index contributed by atoms with van der Waals surface area (Å²) in [6.07, 6.45) is 4.29. The van der Waals surface area contributed by atoms with E-state index in [-0.39, 0.29) is 11.9 Å². The molecule has 0 aliphatic carbocycles. The summed E-state index contributed by atoms with van der Waals surface area (Å²) < 4.78 is 0. The highest BCUT2D eigenvalue weighted by molar-refractivity contribution is 5.80. The number of carbonyl (C=O) groups is 1. The normalized spacial score (nSPS) is 17.3. The Morgan fingerprint density at radius 3 is 2.88 bits per heavy atom. The Hall–Kier alpha value is -2.37. The van der Waals surface area contributed by atoms with Crippen molar-refractivity contribution in [2.45, 2.75) is 39.2 Å². The number of aromatic amines is 1. The molecule has 0 radical (unpaired) electrons. The Morgan fingerprint density at radius 2 is 2.21 bits per heavy atom. The van der Waals surface area contributed by atoms with Crippen molar-refractivity contribution in [2.75, 3.05) is 25.5 Å². The number of nitrogens with zero attached hydrogens (tertiary/aromatic N) is 4. The summed E-state index contributed by atoms with van der Waals surface area (Å²) in [5, 5.41) is 7.16. The van der Waals surface area contributed by atoms with Crippen LogP contribution in [-0.2, 0) is 11.2 Å². The number of aromatic nitrogens is 3. The third-order valence-corrected chi connectivity index (χ3v) is 4.79. The summed E-state index contributed by atoms with van der Waals surface area (Å²) in [6, 6.07) is 4.26. The zero-order valence-corrected chi connectivity index (χ0v) is 14.8. The molecule has 2 aromatic rings. The van der Waals surface area contributed by atoms with Crippen LogP contribution in [0.1, 0.15) is 41.4 Å². The van der Waals surface area contributed by atoms with E-state index in [2.05, 4.69) is 21.2 Å². The van der Waals surface area contributed by atoms with Gasteiger partial charge in [-0.15, -0.1) is 0 Å². The molecule has 6 heteroatoms. The number of hydrogen-bond acceptors (Lipinski definition) is 4. The predicted molar refractivity (Wildman–Crippen MR) is 94.0 cm³/mol. The highest BCUT2D eigenvalue weighted by Crippen LogP contribution is 2.33. The Bertz CT molecular complexity index is 717. The van der Waals surface area contributed by atoms with Gasteiger partial charge in [-0.2, -0.15) is 5.10 Å². The molecule has 0 bridgehead atoms. The van der Waals surface area contributed by atoms with Crippen LogP contribution in [0.25, 0.3) is 0 Å². The SMILES string of the molecule is Cc1n[nH]c(C)c1CC(=O)N1CCC[C@@H]1c1ccnc(N(C)C)c1. The molecule has 1 saturated heterocycles. The van der Waals surface area contributed by atoms with Crippen molar-refractivity contribution in [3.8, 4) is 0 Å². The van der Waals surface area contributed by atoms with Gasteiger partial charge in [-0.1, -0.05) is 0 Å². The molecular weight excluding hydrogens is 302 g/mol. The van der Waals surface area contributed by atoms with E-state index < -0.39 is 0 Å². The largest absolute Gasteiger partial charge is 0.363 e. The van der Waals surface area contributed by atoms with Crippen LogP contribution in [0.4, 0.5) is 5.82 Å². The Kier molecular flexibility index (Phi) is 4.55. The second-order valence-electron chi connectivity index (χ2n) is 6.68. The summed E-state index contributed by atoms with van der Waals surface area (Å²) in [4.78, 5) is 21.3. The molecule has 0 aromatic carbocycles. The average molecular weight is 327 g/mol. The number of carbonyl (C=O) groups excluding carboxylic acids is 1. The van der Waals surface area contributed by atoms with Crippen molar-refractivity contribution in [2.24, 2.45) is 0 Å². The molecule has 24 heavy (non-hydrogen) atoms. The van der Waals surface area contributed by atoms with Crippen molar-refractivity contribution in [3.05, 3.63) is 40.8 Å². The third kappa shape index (κ3) is 3.13. The second-order valence-corrected chi connectivity index (χ2v) is 6.68. The summed E-state index contributed by atoms with van der Waals surface area (Å²) >= 11 is 0. The van der Waals surface area contributed by atoms with Gasteiger partial charge in [0, 0.05) is 38.1 Å². The highest BCUT2D eigenvalue weighted by Gasteiger charge is 2.30. The number of hydrogen-bond donors (Lipinski definition) is 1. The minimum absolute atomic E-state index is 0.145. The van der Waals surface area contributed by atoms with Gasteiger partial charge in [-0.25, -0.2) is 4.98 Å². The number of amides is 1. The Balaban J connectivity index is 1.80. The number of nitrogens with one attached hydrogen (secondary N) is 1. The van der Waals surface area contributed by atoms with Crippen molar-refractivity contribution in [3.63, 3.8) is 0 Å². The molecule has 0 spiro atoms. The monoisotopic (exact) mass is 327 g/mol. The van der Waals surface area contributed by atoms with Crippen LogP contribution < -0.4 is 4.90 Å². The van der Waals surface area contributed by atoms with E-state index in [4.69, 9.17) is 0 Å². The standard InChI is InChI=1S/C18H25N5O/c1-12-15(13(2)21-20-12)11-18(24)23-9-5-6-16(23)14-7-8-19-17(10-14)22(3)4/h7-8,10,16H,5-6,9,11H2,1-4H3,(H,20,21)/t16-/m1/s1. The van der Waals surface area contributed by atoms with Gasteiger partial charge in [0.1, 0.15) is 5.82 Å². The molecule has 0 unspecified atom stereocenters. The predicted octanol–water partition coefficient (Wildman–Crippen LogP) is 2.39. The molecule has 0 saturated carbocycles. The molecule has 1 amide bonds. The number of rotatable bonds is 4. The molecule has 1 atom stereocenters. The summed E-state index contributed by atoms with van der Waals surface area (Å²) in [5.41, 5.74) is 4.08. The molecule has 2 aromatic heterocycles. The quantitative estimate of drug-likeness (QED) is 0.936. The molecule has 1 N–H and O–H groups in total. The lowest BCUT2D eigenvalue weighted by Crippen LogP contribution is -2.32. The zero-order valence-electron chi connectivity index (χ0n) is 14.8. The van der Waals surface area contributed by atoms with Crippen LogP contribution >= 0.6 is 0 Å². The summed E-state index contributed by atoms with van der Waals surface area (Å²) in [5.74, 6) is 1.10. The fourth-order valence-electron chi connectivity index (χ4n) is 3.39. The van der Waals surface area contributed by atoms with Crippen LogP contribution in [0, 0.1) is 13.8 Å². The first-order valence-corrected chi connectivity index (χ1v) is 8.40. The molecular formula is C18H25N5O. The van der Waals surface area contributed by atoms with Gasteiger partial charge in [0.2, 0.25) is 5.91 Å². The fourth-order valence-corrected chi connectivity index (χ4v) is 3.39. The molecule has 3 rings (SSSR count). The van der Waals surface area contributed by atoms with E-state index >= 15 is 0 Å². The first-order chi connectivity index (χ1) is 11.5. The first kappa shape index (κ1) is 16.5. The smallest absolute Gasteiger partial charge is 0.227 e. The van der Waals surface area contributed by atoms with Crippen LogP contribution in [-0.4, -0.2) is 46.6 Å². The third-order valence-electron chi connectivity index (χ3n) is 4.79. The molecule has 6 nitrogen and oxygen atoms in total. The lowest BCUT2D eigenvalue weighted by molar-refractivity contribution is -0.131. The molecule has 128 valence electrons. The van der Waals surface area contributed by atoms with Crippen molar-refractivity contribution in [1.82, 2.24) is 20.1 Å². The number of likely N-dealkylation sites (tertiary alicyclic amines) is 1. The zero-order chi connectivity index (χ0) is 17.3. The Morgan fingerprint density at radius 1 is 1.42 bits per heavy atom. The average Bonchev–Trinajstić information content (AvgIpc) is 3.17. The fraction of sp³-hybridized carbons (Fsp3) is 0.500. The number of anilines is 1. The van der Waals surface area contributed by atoms with Gasteiger partial charge in [0.15, 0.2) is 0 Å². The minimum Gasteiger partial charge on any atom is -0.363 e. The second kappa shape index (κ2) is 6.63. The lowest BCUT2D eigenvalue weighted by Gasteiger charge is -2.26. The maximum atomic E-state index is 12.9. The molecule has 3 heterocycles.